The minimum atomic E-state index is -2.15. The molecule has 0 rings (SSSR count). The first-order valence-corrected chi connectivity index (χ1v) is 1.42. The van der Waals surface area contributed by atoms with Crippen molar-refractivity contribution in [2.24, 2.45) is 0 Å². The van der Waals surface area contributed by atoms with Crippen molar-refractivity contribution in [2.45, 2.75) is 12.8 Å². The molecule has 0 heterocycles. The maximum atomic E-state index is 8.02. The standard InChI is InChI=1S/C2H7NO3.3ClH.Mg.Na.3H/c1-2(4,5)3-6;;;;;;;;/h3-6H,1H3;3*1H;;;;;/q;;;;+2;+1;3*-1. The summed E-state index contributed by atoms with van der Waals surface area (Å²) in [6.07, 6.45) is 0. The average molecular weight is 253 g/mol. The molecule has 0 saturated heterocycles. The molecule has 9 heteroatoms. The number of rotatable bonds is 1. The Kier molecular flexibility index (Phi) is 62.4. The zero-order valence-corrected chi connectivity index (χ0v) is 12.1. The molecule has 0 aromatic carbocycles. The summed E-state index contributed by atoms with van der Waals surface area (Å²) >= 11 is 0. The van der Waals surface area contributed by atoms with E-state index in [1.54, 1.807) is 0 Å². The van der Waals surface area contributed by atoms with Gasteiger partial charge in [0, 0.05) is 6.92 Å². The number of aliphatic hydroxyl groups is 2. The normalized spacial score (nSPS) is 6.55. The first-order valence-electron chi connectivity index (χ1n) is 1.42. The molecule has 0 aromatic heterocycles. The monoisotopic (exact) mass is 251 g/mol. The largest absolute Gasteiger partial charge is 2.00 e. The summed E-state index contributed by atoms with van der Waals surface area (Å²) < 4.78 is 0. The van der Waals surface area contributed by atoms with Crippen LogP contribution in [0.25, 0.3) is 0 Å². The van der Waals surface area contributed by atoms with Gasteiger partial charge >= 0.3 is 52.6 Å². The van der Waals surface area contributed by atoms with Crippen LogP contribution in [-0.4, -0.2) is 44.4 Å². The number of hydroxylamine groups is 1. The van der Waals surface area contributed by atoms with Crippen LogP contribution >= 0.6 is 37.2 Å². The Bertz CT molecular complexity index is 66.8. The predicted octanol–water partition coefficient (Wildman–Crippen LogP) is -3.15. The molecule has 0 aliphatic carbocycles. The van der Waals surface area contributed by atoms with E-state index in [9.17, 15) is 0 Å². The molecule has 4 nitrogen and oxygen atoms in total. The first-order chi connectivity index (χ1) is 2.56. The minimum Gasteiger partial charge on any atom is -1.00 e. The Balaban J connectivity index is -0.00000000446. The summed E-state index contributed by atoms with van der Waals surface area (Å²) in [4.78, 5) is 0. The van der Waals surface area contributed by atoms with Gasteiger partial charge in [0.15, 0.2) is 0 Å². The third-order valence-electron chi connectivity index (χ3n) is 0.212. The Hall–Kier alpha value is 2.48. The van der Waals surface area contributed by atoms with Crippen LogP contribution in [0.15, 0.2) is 0 Å². The van der Waals surface area contributed by atoms with E-state index in [-0.39, 0.29) is 94.1 Å². The van der Waals surface area contributed by atoms with Crippen molar-refractivity contribution >= 4 is 60.3 Å². The minimum absolute atomic E-state index is 0. The zero-order chi connectivity index (χ0) is 5.21. The third kappa shape index (κ3) is 45.7. The second kappa shape index (κ2) is 18.3. The molecule has 0 aliphatic rings. The van der Waals surface area contributed by atoms with Gasteiger partial charge in [-0.25, -0.2) is 0 Å². The van der Waals surface area contributed by atoms with E-state index in [4.69, 9.17) is 15.4 Å². The van der Waals surface area contributed by atoms with Crippen molar-refractivity contribution < 1.29 is 49.3 Å². The first kappa shape index (κ1) is 37.5. The molecular formula is C2H13Cl3MgNNaO3. The third-order valence-corrected chi connectivity index (χ3v) is 0.212. The van der Waals surface area contributed by atoms with E-state index in [1.807, 2.05) is 0 Å². The van der Waals surface area contributed by atoms with Crippen LogP contribution in [0.2, 0.25) is 0 Å². The van der Waals surface area contributed by atoms with Gasteiger partial charge in [-0.2, -0.15) is 5.48 Å². The summed E-state index contributed by atoms with van der Waals surface area (Å²) in [7, 11) is 0. The summed E-state index contributed by atoms with van der Waals surface area (Å²) in [6.45, 7) is 0.993. The summed E-state index contributed by atoms with van der Waals surface area (Å²) in [5.41, 5.74) is 1.22. The molecule has 0 aromatic rings. The van der Waals surface area contributed by atoms with Crippen molar-refractivity contribution in [3.63, 3.8) is 0 Å². The van der Waals surface area contributed by atoms with Crippen LogP contribution in [0.1, 0.15) is 11.2 Å². The van der Waals surface area contributed by atoms with Gasteiger partial charge in [0.25, 0.3) is 0 Å². The topological polar surface area (TPSA) is 72.7 Å². The average Bonchev–Trinajstić information content (AvgIpc) is 1.35. The van der Waals surface area contributed by atoms with Gasteiger partial charge in [0.1, 0.15) is 0 Å². The Labute approximate surface area is 127 Å². The van der Waals surface area contributed by atoms with Gasteiger partial charge in [0.2, 0.25) is 5.91 Å². The molecule has 4 N–H and O–H groups in total. The van der Waals surface area contributed by atoms with Crippen molar-refractivity contribution in [3.05, 3.63) is 0 Å². The van der Waals surface area contributed by atoms with Crippen LogP contribution in [0.5, 0.6) is 0 Å². The molecule has 0 aliphatic heterocycles. The summed E-state index contributed by atoms with van der Waals surface area (Å²) in [6, 6.07) is 0. The van der Waals surface area contributed by atoms with E-state index in [0.29, 0.717) is 0 Å². The van der Waals surface area contributed by atoms with E-state index < -0.39 is 5.91 Å². The van der Waals surface area contributed by atoms with Gasteiger partial charge < -0.3 is 19.7 Å². The van der Waals surface area contributed by atoms with Gasteiger partial charge in [-0.1, -0.05) is 0 Å². The van der Waals surface area contributed by atoms with Crippen LogP contribution in [0, 0.1) is 0 Å². The molecule has 0 amide bonds. The molecule has 0 radical (unpaired) electrons. The van der Waals surface area contributed by atoms with E-state index in [0.717, 1.165) is 6.92 Å². The second-order valence-corrected chi connectivity index (χ2v) is 1.13. The van der Waals surface area contributed by atoms with Crippen LogP contribution < -0.4 is 35.0 Å². The van der Waals surface area contributed by atoms with Crippen LogP contribution in [-0.2, 0) is 0 Å². The van der Waals surface area contributed by atoms with Gasteiger partial charge in [-0.15, -0.1) is 37.2 Å². The summed E-state index contributed by atoms with van der Waals surface area (Å²) in [5.74, 6) is -2.15. The van der Waals surface area contributed by atoms with Crippen molar-refractivity contribution in [2.75, 3.05) is 0 Å². The Morgan fingerprint density at radius 3 is 1.27 bits per heavy atom. The van der Waals surface area contributed by atoms with Crippen LogP contribution in [0.3, 0.4) is 0 Å². The Morgan fingerprint density at radius 1 is 1.18 bits per heavy atom. The molecule has 0 fully saturated rings. The fraction of sp³-hybridized carbons (Fsp3) is 1.00. The second-order valence-electron chi connectivity index (χ2n) is 1.13. The SMILES string of the molecule is CC(O)(O)NO.Cl.Cl.Cl.[H-].[H-].[H-].[Mg+2].[Na+]. The molecule has 11 heavy (non-hydrogen) atoms. The van der Waals surface area contributed by atoms with Crippen molar-refractivity contribution in [1.29, 1.82) is 0 Å². The molecule has 0 atom stereocenters. The van der Waals surface area contributed by atoms with E-state index >= 15 is 0 Å². The number of halogens is 3. The molecule has 68 valence electrons. The van der Waals surface area contributed by atoms with Crippen molar-refractivity contribution in [1.82, 2.24) is 5.48 Å². The van der Waals surface area contributed by atoms with Gasteiger partial charge in [-0.3, -0.25) is 0 Å². The molecule has 0 saturated carbocycles. The number of hydrogen-bond acceptors (Lipinski definition) is 4. The zero-order valence-electron chi connectivity index (χ0n) is 9.27. The van der Waals surface area contributed by atoms with Gasteiger partial charge in [-0.05, 0) is 0 Å². The maximum Gasteiger partial charge on any atom is 2.00 e. The van der Waals surface area contributed by atoms with E-state index in [2.05, 4.69) is 0 Å². The molecular weight excluding hydrogens is 240 g/mol. The quantitative estimate of drug-likeness (QED) is 0.226. The molecule has 0 bridgehead atoms. The van der Waals surface area contributed by atoms with E-state index in [1.165, 1.54) is 5.48 Å². The van der Waals surface area contributed by atoms with Crippen LogP contribution in [0.4, 0.5) is 0 Å². The number of hydrogen-bond donors (Lipinski definition) is 4. The smallest absolute Gasteiger partial charge is 1.00 e. The van der Waals surface area contributed by atoms with Gasteiger partial charge in [0.05, 0.1) is 0 Å². The fourth-order valence-corrected chi connectivity index (χ4v) is 0. The molecule has 0 unspecified atom stereocenters. The van der Waals surface area contributed by atoms with Crippen molar-refractivity contribution in [3.8, 4) is 0 Å². The number of nitrogens with one attached hydrogen (secondary N) is 1. The Morgan fingerprint density at radius 2 is 1.27 bits per heavy atom. The predicted molar refractivity (Wildman–Crippen MR) is 48.6 cm³/mol. The fourth-order valence-electron chi connectivity index (χ4n) is 0. The molecule has 0 spiro atoms. The summed E-state index contributed by atoms with van der Waals surface area (Å²) in [5, 5.41) is 23.7. The maximum absolute atomic E-state index is 8.02.